The molecule has 1 aromatic heterocycles. The molecule has 2 rings (SSSR count). The van der Waals surface area contributed by atoms with Crippen LogP contribution in [0.4, 0.5) is 0 Å². The minimum absolute atomic E-state index is 0.497. The summed E-state index contributed by atoms with van der Waals surface area (Å²) in [7, 11) is 4.31. The molecule has 2 heterocycles. The van der Waals surface area contributed by atoms with Crippen molar-refractivity contribution in [2.75, 3.05) is 33.7 Å². The third-order valence-electron chi connectivity index (χ3n) is 3.39. The van der Waals surface area contributed by atoms with Crippen LogP contribution in [0.3, 0.4) is 0 Å². The molecule has 4 heteroatoms. The molecule has 0 aliphatic carbocycles. The van der Waals surface area contributed by atoms with E-state index in [1.54, 1.807) is 0 Å². The van der Waals surface area contributed by atoms with Crippen LogP contribution >= 0.6 is 11.3 Å². The lowest BCUT2D eigenvalue weighted by molar-refractivity contribution is 0.290. The third kappa shape index (κ3) is 3.78. The first-order valence-corrected chi connectivity index (χ1v) is 7.29. The van der Waals surface area contributed by atoms with Crippen LogP contribution in [-0.2, 0) is 0 Å². The average molecular weight is 253 g/mol. The molecule has 1 aliphatic heterocycles. The molecule has 0 amide bonds. The van der Waals surface area contributed by atoms with Gasteiger partial charge in [-0.05, 0) is 44.9 Å². The Labute approximate surface area is 108 Å². The summed E-state index contributed by atoms with van der Waals surface area (Å²) in [5.41, 5.74) is 0. The summed E-state index contributed by atoms with van der Waals surface area (Å²) in [6.45, 7) is 3.32. The number of rotatable bonds is 6. The molecule has 0 aromatic carbocycles. The van der Waals surface area contributed by atoms with E-state index in [9.17, 15) is 0 Å². The van der Waals surface area contributed by atoms with Crippen molar-refractivity contribution in [2.24, 2.45) is 0 Å². The van der Waals surface area contributed by atoms with Gasteiger partial charge in [0.1, 0.15) is 0 Å². The van der Waals surface area contributed by atoms with E-state index < -0.39 is 0 Å². The molecular formula is C13H23N3S. The van der Waals surface area contributed by atoms with Gasteiger partial charge in [-0.25, -0.2) is 0 Å². The Morgan fingerprint density at radius 2 is 2.47 bits per heavy atom. The molecule has 0 saturated carbocycles. The first kappa shape index (κ1) is 13.0. The van der Waals surface area contributed by atoms with E-state index >= 15 is 0 Å². The molecule has 0 radical (unpaired) electrons. The molecule has 1 saturated heterocycles. The van der Waals surface area contributed by atoms with Crippen molar-refractivity contribution in [3.8, 4) is 0 Å². The van der Waals surface area contributed by atoms with E-state index in [0.717, 1.165) is 13.1 Å². The molecule has 2 N–H and O–H groups in total. The van der Waals surface area contributed by atoms with E-state index in [1.807, 2.05) is 11.3 Å². The van der Waals surface area contributed by atoms with Gasteiger partial charge in [0.25, 0.3) is 0 Å². The molecule has 1 aliphatic rings. The highest BCUT2D eigenvalue weighted by molar-refractivity contribution is 7.10. The lowest BCUT2D eigenvalue weighted by Crippen LogP contribution is -2.38. The van der Waals surface area contributed by atoms with Gasteiger partial charge in [0.05, 0.1) is 6.04 Å². The normalized spacial score (nSPS) is 22.2. The Bertz CT molecular complexity index is 304. The predicted molar refractivity (Wildman–Crippen MR) is 74.6 cm³/mol. The van der Waals surface area contributed by atoms with Gasteiger partial charge >= 0.3 is 0 Å². The van der Waals surface area contributed by atoms with Crippen molar-refractivity contribution in [2.45, 2.75) is 24.9 Å². The molecular weight excluding hydrogens is 230 g/mol. The van der Waals surface area contributed by atoms with Gasteiger partial charge in [0, 0.05) is 24.0 Å². The zero-order valence-electron chi connectivity index (χ0n) is 10.8. The van der Waals surface area contributed by atoms with E-state index in [1.165, 1.54) is 24.3 Å². The predicted octanol–water partition coefficient (Wildman–Crippen LogP) is 1.69. The number of hydrogen-bond donors (Lipinski definition) is 2. The highest BCUT2D eigenvalue weighted by Crippen LogP contribution is 2.22. The minimum atomic E-state index is 0.497. The second-order valence-electron chi connectivity index (χ2n) is 4.95. The standard InChI is InChI=1S/C13H23N3S/c1-16(2)12(13-6-4-8-17-13)10-14-9-11-5-3-7-15-11/h4,6,8,11-12,14-15H,3,5,7,9-10H2,1-2H3. The smallest absolute Gasteiger partial charge is 0.0561 e. The molecule has 17 heavy (non-hydrogen) atoms. The Morgan fingerprint density at radius 3 is 3.06 bits per heavy atom. The number of nitrogens with zero attached hydrogens (tertiary/aromatic N) is 1. The maximum Gasteiger partial charge on any atom is 0.0561 e. The van der Waals surface area contributed by atoms with Crippen LogP contribution in [0.2, 0.25) is 0 Å². The quantitative estimate of drug-likeness (QED) is 0.808. The van der Waals surface area contributed by atoms with E-state index in [2.05, 4.69) is 47.1 Å². The highest BCUT2D eigenvalue weighted by Gasteiger charge is 2.17. The molecule has 96 valence electrons. The van der Waals surface area contributed by atoms with Gasteiger partial charge in [0.2, 0.25) is 0 Å². The van der Waals surface area contributed by atoms with Crippen LogP contribution < -0.4 is 10.6 Å². The number of hydrogen-bond acceptors (Lipinski definition) is 4. The summed E-state index contributed by atoms with van der Waals surface area (Å²) in [6.07, 6.45) is 2.65. The minimum Gasteiger partial charge on any atom is -0.313 e. The van der Waals surface area contributed by atoms with Gasteiger partial charge in [-0.2, -0.15) is 0 Å². The van der Waals surface area contributed by atoms with E-state index in [4.69, 9.17) is 0 Å². The van der Waals surface area contributed by atoms with Crippen molar-refractivity contribution in [3.05, 3.63) is 22.4 Å². The summed E-state index contributed by atoms with van der Waals surface area (Å²) in [4.78, 5) is 3.74. The van der Waals surface area contributed by atoms with Gasteiger partial charge in [0.15, 0.2) is 0 Å². The van der Waals surface area contributed by atoms with Crippen LogP contribution in [-0.4, -0.2) is 44.7 Å². The first-order valence-electron chi connectivity index (χ1n) is 6.41. The molecule has 1 aromatic rings. The maximum absolute atomic E-state index is 3.60. The zero-order chi connectivity index (χ0) is 12.1. The van der Waals surface area contributed by atoms with Crippen LogP contribution in [0.1, 0.15) is 23.8 Å². The average Bonchev–Trinajstić information content (AvgIpc) is 2.96. The fourth-order valence-corrected chi connectivity index (χ4v) is 3.27. The Balaban J connectivity index is 1.78. The van der Waals surface area contributed by atoms with Crippen LogP contribution in [0, 0.1) is 0 Å². The van der Waals surface area contributed by atoms with Crippen molar-refractivity contribution in [3.63, 3.8) is 0 Å². The summed E-state index contributed by atoms with van der Waals surface area (Å²) in [5, 5.41) is 9.28. The molecule has 1 fully saturated rings. The summed E-state index contributed by atoms with van der Waals surface area (Å²) in [6, 6.07) is 5.54. The highest BCUT2D eigenvalue weighted by atomic mass is 32.1. The zero-order valence-corrected chi connectivity index (χ0v) is 11.6. The fraction of sp³-hybridized carbons (Fsp3) is 0.692. The molecule has 0 bridgehead atoms. The summed E-state index contributed by atoms with van der Waals surface area (Å²) < 4.78 is 0. The number of likely N-dealkylation sites (N-methyl/N-ethyl adjacent to an activating group) is 1. The number of thiophene rings is 1. The largest absolute Gasteiger partial charge is 0.313 e. The number of nitrogens with one attached hydrogen (secondary N) is 2. The maximum atomic E-state index is 3.60. The lowest BCUT2D eigenvalue weighted by atomic mass is 10.2. The first-order chi connectivity index (χ1) is 8.27. The Morgan fingerprint density at radius 1 is 1.59 bits per heavy atom. The van der Waals surface area contributed by atoms with Gasteiger partial charge in [-0.1, -0.05) is 6.07 Å². The van der Waals surface area contributed by atoms with Crippen LogP contribution in [0.15, 0.2) is 17.5 Å². The van der Waals surface area contributed by atoms with Crippen molar-refractivity contribution in [1.82, 2.24) is 15.5 Å². The summed E-state index contributed by atoms with van der Waals surface area (Å²) >= 11 is 1.84. The van der Waals surface area contributed by atoms with Crippen molar-refractivity contribution >= 4 is 11.3 Å². The van der Waals surface area contributed by atoms with Crippen LogP contribution in [0.25, 0.3) is 0 Å². The lowest BCUT2D eigenvalue weighted by Gasteiger charge is -2.24. The monoisotopic (exact) mass is 253 g/mol. The Kier molecular flexibility index (Phi) is 4.98. The van der Waals surface area contributed by atoms with Crippen molar-refractivity contribution in [1.29, 1.82) is 0 Å². The molecule has 2 atom stereocenters. The van der Waals surface area contributed by atoms with Gasteiger partial charge in [-0.15, -0.1) is 11.3 Å². The topological polar surface area (TPSA) is 27.3 Å². The summed E-state index contributed by atoms with van der Waals surface area (Å²) in [5.74, 6) is 0. The molecule has 2 unspecified atom stereocenters. The Hall–Kier alpha value is -0.420. The fourth-order valence-electron chi connectivity index (χ4n) is 2.34. The SMILES string of the molecule is CN(C)C(CNCC1CCCN1)c1cccs1. The second kappa shape index (κ2) is 6.50. The van der Waals surface area contributed by atoms with Gasteiger partial charge in [-0.3, -0.25) is 0 Å². The van der Waals surface area contributed by atoms with Crippen LogP contribution in [0.5, 0.6) is 0 Å². The molecule has 0 spiro atoms. The van der Waals surface area contributed by atoms with E-state index in [-0.39, 0.29) is 0 Å². The third-order valence-corrected chi connectivity index (χ3v) is 4.36. The van der Waals surface area contributed by atoms with Gasteiger partial charge < -0.3 is 15.5 Å². The second-order valence-corrected chi connectivity index (χ2v) is 5.93. The van der Waals surface area contributed by atoms with E-state index in [0.29, 0.717) is 12.1 Å². The van der Waals surface area contributed by atoms with Crippen molar-refractivity contribution < 1.29 is 0 Å². The molecule has 3 nitrogen and oxygen atoms in total.